The molecule has 1 heterocycles. The zero-order chi connectivity index (χ0) is 16.8. The van der Waals surface area contributed by atoms with E-state index in [1.807, 2.05) is 0 Å². The number of fused-ring (bicyclic) bond motifs is 1. The molecule has 5 rings (SSSR count). The number of rotatable bonds is 3. The van der Waals surface area contributed by atoms with Crippen molar-refractivity contribution in [2.75, 3.05) is 6.54 Å². The first-order chi connectivity index (χ1) is 12.3. The molecular formula is C21H27N3O. The van der Waals surface area contributed by atoms with Crippen molar-refractivity contribution in [3.63, 3.8) is 0 Å². The topological polar surface area (TPSA) is 44.4 Å². The fourth-order valence-corrected chi connectivity index (χ4v) is 4.82. The summed E-state index contributed by atoms with van der Waals surface area (Å²) in [5.41, 5.74) is 13.1. The van der Waals surface area contributed by atoms with E-state index in [2.05, 4.69) is 34.0 Å². The Morgan fingerprint density at radius 3 is 2.68 bits per heavy atom. The number of carbonyl (C=O) groups is 1. The molecule has 1 aromatic rings. The molecule has 3 aliphatic carbocycles. The molecule has 0 bridgehead atoms. The summed E-state index contributed by atoms with van der Waals surface area (Å²) in [5, 5.41) is 0. The smallest absolute Gasteiger partial charge is 0.254 e. The highest BCUT2D eigenvalue weighted by Gasteiger charge is 2.40. The van der Waals surface area contributed by atoms with Crippen molar-refractivity contribution in [3.8, 4) is 0 Å². The molecule has 0 saturated heterocycles. The lowest BCUT2D eigenvalue weighted by atomic mass is 9.89. The third-order valence-electron chi connectivity index (χ3n) is 6.34. The van der Waals surface area contributed by atoms with Crippen molar-refractivity contribution in [1.82, 2.24) is 15.8 Å². The van der Waals surface area contributed by atoms with E-state index in [-0.39, 0.29) is 5.91 Å². The molecule has 1 amide bonds. The summed E-state index contributed by atoms with van der Waals surface area (Å²) in [6, 6.07) is 7.32. The molecule has 0 radical (unpaired) electrons. The number of aryl methyl sites for hydroxylation is 2. The SMILES string of the molecule is O=C(c1ccc2c(c1)CCCC2)N(C1CC1)C1CCC2=C(CNN2)C1. The van der Waals surface area contributed by atoms with E-state index in [1.54, 1.807) is 0 Å². The lowest BCUT2D eigenvalue weighted by Crippen LogP contribution is -2.43. The lowest BCUT2D eigenvalue weighted by Gasteiger charge is -2.35. The van der Waals surface area contributed by atoms with Gasteiger partial charge in [0.2, 0.25) is 0 Å². The number of hydrazine groups is 1. The first kappa shape index (κ1) is 15.4. The van der Waals surface area contributed by atoms with Crippen molar-refractivity contribution < 1.29 is 4.79 Å². The fraction of sp³-hybridized carbons (Fsp3) is 0.571. The maximum atomic E-state index is 13.4. The van der Waals surface area contributed by atoms with Gasteiger partial charge >= 0.3 is 0 Å². The molecule has 0 aromatic heterocycles. The number of hydrogen-bond donors (Lipinski definition) is 2. The van der Waals surface area contributed by atoms with Crippen LogP contribution < -0.4 is 10.9 Å². The van der Waals surface area contributed by atoms with Crippen molar-refractivity contribution >= 4 is 5.91 Å². The first-order valence-corrected chi connectivity index (χ1v) is 9.94. The summed E-state index contributed by atoms with van der Waals surface area (Å²) < 4.78 is 0. The van der Waals surface area contributed by atoms with Crippen LogP contribution in [-0.2, 0) is 12.8 Å². The number of carbonyl (C=O) groups excluding carboxylic acids is 1. The van der Waals surface area contributed by atoms with Gasteiger partial charge in [-0.25, -0.2) is 5.43 Å². The first-order valence-electron chi connectivity index (χ1n) is 9.94. The van der Waals surface area contributed by atoms with Crippen molar-refractivity contribution in [1.29, 1.82) is 0 Å². The maximum absolute atomic E-state index is 13.4. The number of hydrogen-bond acceptors (Lipinski definition) is 3. The molecule has 2 N–H and O–H groups in total. The molecule has 1 aliphatic heterocycles. The average molecular weight is 337 g/mol. The van der Waals surface area contributed by atoms with Crippen molar-refractivity contribution in [2.45, 2.75) is 69.9 Å². The van der Waals surface area contributed by atoms with Crippen molar-refractivity contribution in [2.24, 2.45) is 0 Å². The van der Waals surface area contributed by atoms with Gasteiger partial charge in [0.25, 0.3) is 5.91 Å². The Balaban J connectivity index is 1.40. The van der Waals surface area contributed by atoms with Gasteiger partial charge in [-0.1, -0.05) is 6.07 Å². The third kappa shape index (κ3) is 2.86. The second kappa shape index (κ2) is 6.17. The van der Waals surface area contributed by atoms with E-state index in [1.165, 1.54) is 54.5 Å². The summed E-state index contributed by atoms with van der Waals surface area (Å²) in [5.74, 6) is 0.267. The average Bonchev–Trinajstić information content (AvgIpc) is 3.37. The summed E-state index contributed by atoms with van der Waals surface area (Å²) in [7, 11) is 0. The van der Waals surface area contributed by atoms with E-state index in [9.17, 15) is 4.79 Å². The summed E-state index contributed by atoms with van der Waals surface area (Å²) in [6.45, 7) is 0.928. The van der Waals surface area contributed by atoms with Gasteiger partial charge in [0.1, 0.15) is 0 Å². The van der Waals surface area contributed by atoms with Crippen LogP contribution in [0.4, 0.5) is 0 Å². The Morgan fingerprint density at radius 2 is 1.84 bits per heavy atom. The molecule has 1 fully saturated rings. The quantitative estimate of drug-likeness (QED) is 0.891. The van der Waals surface area contributed by atoms with Crippen LogP contribution in [0.15, 0.2) is 29.5 Å². The van der Waals surface area contributed by atoms with Gasteiger partial charge in [0.05, 0.1) is 0 Å². The van der Waals surface area contributed by atoms with Crippen LogP contribution >= 0.6 is 0 Å². The number of nitrogens with one attached hydrogen (secondary N) is 2. The standard InChI is InChI=1S/C21H27N3O/c25-21(16-6-5-14-3-1-2-4-15(14)11-16)24(18-7-8-18)19-9-10-20-17(12-19)13-22-23-20/h5-6,11,18-19,22-23H,1-4,7-10,12-13H2. The molecule has 1 aromatic carbocycles. The number of nitrogens with zero attached hydrogens (tertiary/aromatic N) is 1. The summed E-state index contributed by atoms with van der Waals surface area (Å²) >= 11 is 0. The molecule has 132 valence electrons. The van der Waals surface area contributed by atoms with E-state index in [0.717, 1.165) is 37.8 Å². The van der Waals surface area contributed by atoms with Gasteiger partial charge in [0.15, 0.2) is 0 Å². The predicted octanol–water partition coefficient (Wildman–Crippen LogP) is 3.08. The van der Waals surface area contributed by atoms with Gasteiger partial charge in [-0.15, -0.1) is 0 Å². The second-order valence-corrected chi connectivity index (χ2v) is 8.09. The monoisotopic (exact) mass is 337 g/mol. The third-order valence-corrected chi connectivity index (χ3v) is 6.34. The molecule has 1 unspecified atom stereocenters. The molecule has 4 nitrogen and oxygen atoms in total. The maximum Gasteiger partial charge on any atom is 0.254 e. The Bertz CT molecular complexity index is 735. The highest BCUT2D eigenvalue weighted by Crippen LogP contribution is 2.37. The summed E-state index contributed by atoms with van der Waals surface area (Å²) in [4.78, 5) is 15.6. The van der Waals surface area contributed by atoms with E-state index in [0.29, 0.717) is 12.1 Å². The largest absolute Gasteiger partial charge is 0.332 e. The molecule has 4 aliphatic rings. The highest BCUT2D eigenvalue weighted by molar-refractivity contribution is 5.95. The summed E-state index contributed by atoms with van der Waals surface area (Å²) in [6.07, 6.45) is 10.4. The van der Waals surface area contributed by atoms with Gasteiger partial charge in [-0.05, 0) is 86.6 Å². The van der Waals surface area contributed by atoms with Crippen LogP contribution in [0.25, 0.3) is 0 Å². The van der Waals surface area contributed by atoms with Crippen LogP contribution in [0.2, 0.25) is 0 Å². The van der Waals surface area contributed by atoms with E-state index < -0.39 is 0 Å². The molecule has 0 spiro atoms. The van der Waals surface area contributed by atoms with Crippen LogP contribution in [0.1, 0.15) is 66.4 Å². The van der Waals surface area contributed by atoms with E-state index >= 15 is 0 Å². The van der Waals surface area contributed by atoms with E-state index in [4.69, 9.17) is 0 Å². The second-order valence-electron chi connectivity index (χ2n) is 8.09. The van der Waals surface area contributed by atoms with Gasteiger partial charge in [-0.3, -0.25) is 4.79 Å². The van der Waals surface area contributed by atoms with Gasteiger partial charge in [0, 0.05) is 29.9 Å². The Labute approximate surface area is 149 Å². The predicted molar refractivity (Wildman–Crippen MR) is 98.1 cm³/mol. The van der Waals surface area contributed by atoms with Crippen molar-refractivity contribution in [3.05, 3.63) is 46.2 Å². The molecule has 25 heavy (non-hydrogen) atoms. The van der Waals surface area contributed by atoms with Crippen LogP contribution in [0.5, 0.6) is 0 Å². The minimum Gasteiger partial charge on any atom is -0.332 e. The van der Waals surface area contributed by atoms with Crippen LogP contribution in [0.3, 0.4) is 0 Å². The van der Waals surface area contributed by atoms with Crippen LogP contribution in [0, 0.1) is 0 Å². The number of benzene rings is 1. The molecule has 4 heteroatoms. The number of amides is 1. The zero-order valence-electron chi connectivity index (χ0n) is 14.8. The van der Waals surface area contributed by atoms with Gasteiger partial charge < -0.3 is 10.3 Å². The highest BCUT2D eigenvalue weighted by atomic mass is 16.2. The van der Waals surface area contributed by atoms with Crippen LogP contribution in [-0.4, -0.2) is 29.4 Å². The molecule has 1 saturated carbocycles. The molecular weight excluding hydrogens is 310 g/mol. The fourth-order valence-electron chi connectivity index (χ4n) is 4.82. The normalized spacial score (nSPS) is 25.2. The number of allylic oxidation sites excluding steroid dienone is 1. The zero-order valence-corrected chi connectivity index (χ0v) is 14.8. The minimum atomic E-state index is 0.267. The minimum absolute atomic E-state index is 0.267. The Morgan fingerprint density at radius 1 is 1.00 bits per heavy atom. The Hall–Kier alpha value is -1.81. The lowest BCUT2D eigenvalue weighted by molar-refractivity contribution is 0.0643. The Kier molecular flexibility index (Phi) is 3.81. The molecule has 1 atom stereocenters. The van der Waals surface area contributed by atoms with Gasteiger partial charge in [-0.2, -0.15) is 0 Å².